The van der Waals surface area contributed by atoms with Crippen molar-refractivity contribution in [1.29, 1.82) is 0 Å². The molecule has 1 nitrogen and oxygen atoms in total. The molecule has 70 valence electrons. The highest BCUT2D eigenvalue weighted by Crippen LogP contribution is 2.44. The molecule has 2 fully saturated rings. The van der Waals surface area contributed by atoms with Crippen molar-refractivity contribution < 1.29 is 4.39 Å². The Bertz CT molecular complexity index is 165. The van der Waals surface area contributed by atoms with E-state index in [4.69, 9.17) is 0 Å². The normalized spacial score (nSPS) is 38.5. The molecule has 0 aromatic carbocycles. The van der Waals surface area contributed by atoms with E-state index < -0.39 is 6.17 Å². The van der Waals surface area contributed by atoms with Crippen LogP contribution in [-0.2, 0) is 0 Å². The Hall–Kier alpha value is -0.110. The van der Waals surface area contributed by atoms with Gasteiger partial charge < -0.3 is 5.32 Å². The van der Waals surface area contributed by atoms with E-state index >= 15 is 0 Å². The Morgan fingerprint density at radius 3 is 2.67 bits per heavy atom. The standard InChI is InChI=1S/C10H18FN/c1-10(4-5-10)7-12-9-3-2-8(11)6-9/h8-9,12H,2-7H2,1H3. The molecule has 0 heterocycles. The first-order valence-electron chi connectivity index (χ1n) is 5.05. The highest BCUT2D eigenvalue weighted by molar-refractivity contribution is 4.92. The van der Waals surface area contributed by atoms with Crippen LogP contribution in [0, 0.1) is 5.41 Å². The first-order chi connectivity index (χ1) is 5.68. The molecule has 12 heavy (non-hydrogen) atoms. The van der Waals surface area contributed by atoms with E-state index in [0.29, 0.717) is 11.5 Å². The Kier molecular flexibility index (Phi) is 2.11. The van der Waals surface area contributed by atoms with Crippen LogP contribution in [0.5, 0.6) is 0 Å². The van der Waals surface area contributed by atoms with Crippen LogP contribution in [0.2, 0.25) is 0 Å². The van der Waals surface area contributed by atoms with E-state index in [0.717, 1.165) is 25.8 Å². The third-order valence-electron chi connectivity index (χ3n) is 3.29. The Morgan fingerprint density at radius 1 is 1.42 bits per heavy atom. The second-order valence-corrected chi connectivity index (χ2v) is 4.80. The lowest BCUT2D eigenvalue weighted by Gasteiger charge is -2.15. The van der Waals surface area contributed by atoms with Gasteiger partial charge in [-0.25, -0.2) is 4.39 Å². The van der Waals surface area contributed by atoms with Crippen molar-refractivity contribution >= 4 is 0 Å². The van der Waals surface area contributed by atoms with Gasteiger partial charge in [0.05, 0.1) is 0 Å². The highest BCUT2D eigenvalue weighted by Gasteiger charge is 2.37. The van der Waals surface area contributed by atoms with E-state index in [-0.39, 0.29) is 0 Å². The average molecular weight is 171 g/mol. The topological polar surface area (TPSA) is 12.0 Å². The van der Waals surface area contributed by atoms with Crippen molar-refractivity contribution in [2.24, 2.45) is 5.41 Å². The molecule has 0 aromatic rings. The lowest BCUT2D eigenvalue weighted by Crippen LogP contribution is -2.31. The van der Waals surface area contributed by atoms with E-state index in [1.807, 2.05) is 0 Å². The molecular weight excluding hydrogens is 153 g/mol. The van der Waals surface area contributed by atoms with Crippen LogP contribution in [0.1, 0.15) is 39.0 Å². The van der Waals surface area contributed by atoms with Gasteiger partial charge in [-0.2, -0.15) is 0 Å². The van der Waals surface area contributed by atoms with Crippen LogP contribution in [0.25, 0.3) is 0 Å². The second-order valence-electron chi connectivity index (χ2n) is 4.80. The number of alkyl halides is 1. The molecule has 2 saturated carbocycles. The van der Waals surface area contributed by atoms with Gasteiger partial charge in [-0.15, -0.1) is 0 Å². The predicted molar refractivity (Wildman–Crippen MR) is 47.9 cm³/mol. The summed E-state index contributed by atoms with van der Waals surface area (Å²) in [7, 11) is 0. The zero-order valence-corrected chi connectivity index (χ0v) is 7.78. The van der Waals surface area contributed by atoms with Gasteiger partial charge in [0.15, 0.2) is 0 Å². The smallest absolute Gasteiger partial charge is 0.102 e. The van der Waals surface area contributed by atoms with Gasteiger partial charge in [0.2, 0.25) is 0 Å². The molecule has 0 aliphatic heterocycles. The number of nitrogens with one attached hydrogen (secondary N) is 1. The first-order valence-corrected chi connectivity index (χ1v) is 5.05. The molecule has 2 aliphatic carbocycles. The van der Waals surface area contributed by atoms with Gasteiger partial charge in [-0.05, 0) is 37.5 Å². The molecule has 2 aliphatic rings. The van der Waals surface area contributed by atoms with Crippen molar-refractivity contribution in [1.82, 2.24) is 5.32 Å². The lowest BCUT2D eigenvalue weighted by atomic mass is 10.1. The van der Waals surface area contributed by atoms with Crippen LogP contribution >= 0.6 is 0 Å². The summed E-state index contributed by atoms with van der Waals surface area (Å²) in [6, 6.07) is 0.470. The molecule has 0 bridgehead atoms. The minimum absolute atomic E-state index is 0.470. The van der Waals surface area contributed by atoms with Gasteiger partial charge in [-0.1, -0.05) is 6.92 Å². The van der Waals surface area contributed by atoms with Gasteiger partial charge in [0, 0.05) is 12.6 Å². The van der Waals surface area contributed by atoms with Crippen molar-refractivity contribution in [3.63, 3.8) is 0 Å². The fraction of sp³-hybridized carbons (Fsp3) is 1.00. The number of halogens is 1. The maximum absolute atomic E-state index is 12.8. The van der Waals surface area contributed by atoms with Crippen molar-refractivity contribution in [2.45, 2.75) is 51.2 Å². The quantitative estimate of drug-likeness (QED) is 0.687. The minimum Gasteiger partial charge on any atom is -0.313 e. The van der Waals surface area contributed by atoms with Crippen LogP contribution in [0.4, 0.5) is 4.39 Å². The monoisotopic (exact) mass is 171 g/mol. The van der Waals surface area contributed by atoms with Gasteiger partial charge in [0.25, 0.3) is 0 Å². The first kappa shape index (κ1) is 8.49. The summed E-state index contributed by atoms with van der Waals surface area (Å²) < 4.78 is 12.8. The fourth-order valence-electron chi connectivity index (χ4n) is 1.89. The summed E-state index contributed by atoms with van der Waals surface area (Å²) in [6.45, 7) is 3.41. The van der Waals surface area contributed by atoms with Crippen LogP contribution in [-0.4, -0.2) is 18.8 Å². The summed E-state index contributed by atoms with van der Waals surface area (Å²) in [5.41, 5.74) is 0.564. The molecule has 0 aromatic heterocycles. The fourth-order valence-corrected chi connectivity index (χ4v) is 1.89. The average Bonchev–Trinajstić information content (AvgIpc) is 2.60. The van der Waals surface area contributed by atoms with E-state index in [2.05, 4.69) is 12.2 Å². The molecule has 0 radical (unpaired) electrons. The Labute approximate surface area is 73.7 Å². The minimum atomic E-state index is -0.533. The molecule has 0 spiro atoms. The van der Waals surface area contributed by atoms with Crippen LogP contribution < -0.4 is 5.32 Å². The lowest BCUT2D eigenvalue weighted by molar-refractivity contribution is 0.330. The third kappa shape index (κ3) is 1.98. The molecule has 0 amide bonds. The molecule has 2 unspecified atom stereocenters. The zero-order valence-electron chi connectivity index (χ0n) is 7.78. The molecule has 0 saturated heterocycles. The summed E-state index contributed by atoms with van der Waals surface area (Å²) in [6.07, 6.45) is 4.73. The maximum Gasteiger partial charge on any atom is 0.102 e. The van der Waals surface area contributed by atoms with Gasteiger partial charge in [-0.3, -0.25) is 0 Å². The summed E-state index contributed by atoms with van der Waals surface area (Å²) >= 11 is 0. The van der Waals surface area contributed by atoms with E-state index in [1.54, 1.807) is 0 Å². The molecule has 2 heteroatoms. The predicted octanol–water partition coefficient (Wildman–Crippen LogP) is 2.27. The van der Waals surface area contributed by atoms with Gasteiger partial charge in [0.1, 0.15) is 6.17 Å². The van der Waals surface area contributed by atoms with E-state index in [9.17, 15) is 4.39 Å². The largest absolute Gasteiger partial charge is 0.313 e. The highest BCUT2D eigenvalue weighted by atomic mass is 19.1. The number of hydrogen-bond acceptors (Lipinski definition) is 1. The Balaban J connectivity index is 1.67. The molecular formula is C10H18FN. The summed E-state index contributed by atoms with van der Waals surface area (Å²) in [5, 5.41) is 3.47. The van der Waals surface area contributed by atoms with Crippen molar-refractivity contribution in [2.75, 3.05) is 6.54 Å². The van der Waals surface area contributed by atoms with Crippen molar-refractivity contribution in [3.8, 4) is 0 Å². The number of hydrogen-bond donors (Lipinski definition) is 1. The summed E-state index contributed by atoms with van der Waals surface area (Å²) in [5.74, 6) is 0. The number of rotatable bonds is 3. The van der Waals surface area contributed by atoms with Crippen LogP contribution in [0.3, 0.4) is 0 Å². The molecule has 2 rings (SSSR count). The van der Waals surface area contributed by atoms with Crippen LogP contribution in [0.15, 0.2) is 0 Å². The zero-order chi connectivity index (χ0) is 8.60. The Morgan fingerprint density at radius 2 is 2.17 bits per heavy atom. The van der Waals surface area contributed by atoms with Gasteiger partial charge >= 0.3 is 0 Å². The maximum atomic E-state index is 12.8. The second kappa shape index (κ2) is 2.99. The SMILES string of the molecule is CC1(CNC2CCC(F)C2)CC1. The van der Waals surface area contributed by atoms with Crippen molar-refractivity contribution in [3.05, 3.63) is 0 Å². The van der Waals surface area contributed by atoms with E-state index in [1.165, 1.54) is 12.8 Å². The summed E-state index contributed by atoms with van der Waals surface area (Å²) in [4.78, 5) is 0. The third-order valence-corrected chi connectivity index (χ3v) is 3.29. The molecule has 2 atom stereocenters. The molecule has 1 N–H and O–H groups in total.